The fraction of sp³-hybridized carbons (Fsp3) is 0.115. The van der Waals surface area contributed by atoms with Crippen molar-refractivity contribution in [3.05, 3.63) is 89.9 Å². The summed E-state index contributed by atoms with van der Waals surface area (Å²) in [7, 11) is 4.02. The van der Waals surface area contributed by atoms with Crippen LogP contribution in [0.2, 0.25) is 0 Å². The van der Waals surface area contributed by atoms with Gasteiger partial charge in [-0.05, 0) is 56.1 Å². The maximum absolute atomic E-state index is 14.8. The summed E-state index contributed by atoms with van der Waals surface area (Å²) in [5.74, 6) is -2.01. The number of para-hydroxylation sites is 1. The molecule has 0 radical (unpaired) electrons. The second-order valence-corrected chi connectivity index (χ2v) is 9.68. The molecular formula is C26H23F2N7OS. The largest absolute Gasteiger partial charge is 0.397 e. The summed E-state index contributed by atoms with van der Waals surface area (Å²) in [4.78, 5) is 24.3. The normalized spacial score (nSPS) is 11.3. The van der Waals surface area contributed by atoms with Gasteiger partial charge in [-0.1, -0.05) is 23.5 Å². The summed E-state index contributed by atoms with van der Waals surface area (Å²) in [6.07, 6.45) is 5.53. The number of nitrogens with one attached hydrogen (secondary N) is 2. The number of benzene rings is 2. The van der Waals surface area contributed by atoms with Gasteiger partial charge in [0.25, 0.3) is 5.91 Å². The average Bonchev–Trinajstić information content (AvgIpc) is 3.49. The number of imidazole rings is 1. The van der Waals surface area contributed by atoms with Crippen molar-refractivity contribution in [1.29, 1.82) is 0 Å². The molecule has 0 atom stereocenters. The number of thiazole rings is 1. The van der Waals surface area contributed by atoms with Crippen LogP contribution in [0.4, 0.5) is 31.0 Å². The van der Waals surface area contributed by atoms with E-state index in [2.05, 4.69) is 25.5 Å². The van der Waals surface area contributed by atoms with Crippen LogP contribution in [0, 0.1) is 11.6 Å². The summed E-state index contributed by atoms with van der Waals surface area (Å²) in [6, 6.07) is 12.0. The molecule has 1 amide bonds. The standard InChI is InChI=1S/C26H23F2N7OS/c1-34(2)13-15-6-9-23-30-11-21(35(23)14-15)22-12-31-26(37-22)32-20-8-7-16(10-18(20)28)25(36)33-24-17(27)4-3-5-19(24)29/h3-12,14H,13,29H2,1-2H3,(H,31,32)(H,33,36). The van der Waals surface area contributed by atoms with Crippen LogP contribution in [0.15, 0.2) is 67.1 Å². The lowest BCUT2D eigenvalue weighted by molar-refractivity contribution is 0.102. The molecule has 4 N–H and O–H groups in total. The first kappa shape index (κ1) is 24.3. The molecule has 5 aromatic rings. The van der Waals surface area contributed by atoms with Crippen LogP contribution >= 0.6 is 11.3 Å². The van der Waals surface area contributed by atoms with Crippen LogP contribution in [0.1, 0.15) is 15.9 Å². The van der Waals surface area contributed by atoms with Crippen molar-refractivity contribution in [1.82, 2.24) is 19.3 Å². The van der Waals surface area contributed by atoms with Gasteiger partial charge in [-0.3, -0.25) is 9.20 Å². The molecule has 3 aromatic heterocycles. The summed E-state index contributed by atoms with van der Waals surface area (Å²) in [5, 5.41) is 5.83. The van der Waals surface area contributed by atoms with Crippen molar-refractivity contribution in [3.63, 3.8) is 0 Å². The maximum Gasteiger partial charge on any atom is 0.255 e. The Morgan fingerprint density at radius 2 is 1.92 bits per heavy atom. The number of nitrogen functional groups attached to an aromatic ring is 1. The van der Waals surface area contributed by atoms with E-state index in [0.717, 1.165) is 34.4 Å². The molecule has 8 nitrogen and oxygen atoms in total. The number of aromatic nitrogens is 3. The number of pyridine rings is 1. The Morgan fingerprint density at radius 1 is 1.08 bits per heavy atom. The fourth-order valence-corrected chi connectivity index (χ4v) is 4.68. The van der Waals surface area contributed by atoms with E-state index in [1.54, 1.807) is 12.4 Å². The van der Waals surface area contributed by atoms with E-state index in [-0.39, 0.29) is 22.6 Å². The van der Waals surface area contributed by atoms with Gasteiger partial charge in [0.2, 0.25) is 0 Å². The van der Waals surface area contributed by atoms with Crippen LogP contribution in [0.5, 0.6) is 0 Å². The van der Waals surface area contributed by atoms with Crippen molar-refractivity contribution >= 4 is 45.1 Å². The molecule has 0 bridgehead atoms. The van der Waals surface area contributed by atoms with Crippen molar-refractivity contribution < 1.29 is 13.6 Å². The number of carbonyl (C=O) groups is 1. The molecule has 5 rings (SSSR count). The van der Waals surface area contributed by atoms with Gasteiger partial charge in [0, 0.05) is 24.5 Å². The van der Waals surface area contributed by atoms with Crippen LogP contribution in [-0.2, 0) is 6.54 Å². The first-order chi connectivity index (χ1) is 17.8. The number of anilines is 4. The van der Waals surface area contributed by atoms with Gasteiger partial charge >= 0.3 is 0 Å². The predicted molar refractivity (Wildman–Crippen MR) is 142 cm³/mol. The first-order valence-electron chi connectivity index (χ1n) is 11.3. The third-order valence-electron chi connectivity index (χ3n) is 5.58. The lowest BCUT2D eigenvalue weighted by Crippen LogP contribution is -2.15. The van der Waals surface area contributed by atoms with Crippen LogP contribution in [-0.4, -0.2) is 39.3 Å². The zero-order valence-corrected chi connectivity index (χ0v) is 20.8. The molecule has 0 unspecified atom stereocenters. The number of fused-ring (bicyclic) bond motifs is 1. The second-order valence-electron chi connectivity index (χ2n) is 8.65. The third-order valence-corrected chi connectivity index (χ3v) is 6.52. The Bertz CT molecular complexity index is 1590. The molecule has 0 saturated heterocycles. The molecule has 2 aromatic carbocycles. The van der Waals surface area contributed by atoms with Gasteiger partial charge in [0.1, 0.15) is 23.0 Å². The quantitative estimate of drug-likeness (QED) is 0.250. The molecule has 0 spiro atoms. The highest BCUT2D eigenvalue weighted by molar-refractivity contribution is 7.18. The molecule has 188 valence electrons. The molecule has 0 aliphatic heterocycles. The number of halogens is 2. The Morgan fingerprint density at radius 3 is 2.68 bits per heavy atom. The molecule has 0 aliphatic rings. The van der Waals surface area contributed by atoms with Crippen molar-refractivity contribution in [2.75, 3.05) is 30.5 Å². The van der Waals surface area contributed by atoms with E-state index in [0.29, 0.717) is 5.13 Å². The number of carbonyl (C=O) groups excluding carboxylic acids is 1. The zero-order chi connectivity index (χ0) is 26.1. The summed E-state index contributed by atoms with van der Waals surface area (Å²) in [6.45, 7) is 0.796. The molecule has 11 heteroatoms. The van der Waals surface area contributed by atoms with Crippen LogP contribution in [0.3, 0.4) is 0 Å². The highest BCUT2D eigenvalue weighted by Crippen LogP contribution is 2.32. The Hall–Kier alpha value is -4.35. The van der Waals surface area contributed by atoms with Gasteiger partial charge in [-0.15, -0.1) is 0 Å². The van der Waals surface area contributed by atoms with Crippen molar-refractivity contribution in [2.24, 2.45) is 0 Å². The molecule has 37 heavy (non-hydrogen) atoms. The van der Waals surface area contributed by atoms with Crippen LogP contribution < -0.4 is 16.4 Å². The fourth-order valence-electron chi connectivity index (χ4n) is 3.85. The zero-order valence-electron chi connectivity index (χ0n) is 20.0. The molecule has 0 saturated carbocycles. The Kier molecular flexibility index (Phi) is 6.55. The summed E-state index contributed by atoms with van der Waals surface area (Å²) >= 11 is 1.35. The van der Waals surface area contributed by atoms with Gasteiger partial charge in [0.15, 0.2) is 5.13 Å². The van der Waals surface area contributed by atoms with E-state index in [1.807, 2.05) is 36.8 Å². The Balaban J connectivity index is 1.33. The van der Waals surface area contributed by atoms with Crippen molar-refractivity contribution in [2.45, 2.75) is 6.54 Å². The second kappa shape index (κ2) is 9.96. The van der Waals surface area contributed by atoms with Gasteiger partial charge in [0.05, 0.1) is 28.1 Å². The smallest absolute Gasteiger partial charge is 0.255 e. The topological polar surface area (TPSA) is 101 Å². The minimum Gasteiger partial charge on any atom is -0.397 e. The van der Waals surface area contributed by atoms with E-state index < -0.39 is 17.5 Å². The number of hydrogen-bond acceptors (Lipinski definition) is 7. The van der Waals surface area contributed by atoms with E-state index in [4.69, 9.17) is 5.73 Å². The lowest BCUT2D eigenvalue weighted by Gasteiger charge is -2.10. The van der Waals surface area contributed by atoms with E-state index >= 15 is 0 Å². The molecule has 3 heterocycles. The first-order valence-corrected chi connectivity index (χ1v) is 12.1. The van der Waals surface area contributed by atoms with E-state index in [1.165, 1.54) is 41.7 Å². The minimum atomic E-state index is -0.681. The molecule has 0 fully saturated rings. The third kappa shape index (κ3) is 5.13. The number of hydrogen-bond donors (Lipinski definition) is 3. The van der Waals surface area contributed by atoms with E-state index in [9.17, 15) is 13.6 Å². The number of amides is 1. The van der Waals surface area contributed by atoms with Crippen molar-refractivity contribution in [3.8, 4) is 10.6 Å². The highest BCUT2D eigenvalue weighted by atomic mass is 32.1. The predicted octanol–water partition coefficient (Wildman–Crippen LogP) is 5.38. The average molecular weight is 520 g/mol. The SMILES string of the molecule is CN(C)Cc1ccc2ncc(-c3cnc(Nc4ccc(C(=O)Nc5c(N)cccc5F)cc4F)s3)n2c1. The summed E-state index contributed by atoms with van der Waals surface area (Å²) in [5.41, 5.74) is 8.66. The number of rotatable bonds is 7. The Labute approximate surface area is 215 Å². The maximum atomic E-state index is 14.8. The highest BCUT2D eigenvalue weighted by Gasteiger charge is 2.16. The lowest BCUT2D eigenvalue weighted by atomic mass is 10.1. The molecular weight excluding hydrogens is 496 g/mol. The van der Waals surface area contributed by atoms with Crippen LogP contribution in [0.25, 0.3) is 16.2 Å². The molecule has 0 aliphatic carbocycles. The number of nitrogens with zero attached hydrogens (tertiary/aromatic N) is 4. The van der Waals surface area contributed by atoms with Gasteiger partial charge < -0.3 is 21.3 Å². The monoisotopic (exact) mass is 519 g/mol. The number of nitrogens with two attached hydrogens (primary N) is 1. The van der Waals surface area contributed by atoms with Gasteiger partial charge in [-0.25, -0.2) is 18.7 Å². The minimum absolute atomic E-state index is 0.0183. The summed E-state index contributed by atoms with van der Waals surface area (Å²) < 4.78 is 30.8. The van der Waals surface area contributed by atoms with Gasteiger partial charge in [-0.2, -0.15) is 0 Å².